The molecule has 100 valence electrons. The summed E-state index contributed by atoms with van der Waals surface area (Å²) in [7, 11) is 0. The van der Waals surface area contributed by atoms with Gasteiger partial charge in [-0.25, -0.2) is 4.79 Å². The van der Waals surface area contributed by atoms with Gasteiger partial charge >= 0.3 is 12.1 Å². The molecule has 1 amide bonds. The van der Waals surface area contributed by atoms with Gasteiger partial charge in [-0.15, -0.1) is 0 Å². The molecule has 0 aromatic heterocycles. The maximum Gasteiger partial charge on any atom is 0.410 e. The third kappa shape index (κ3) is 1.52. The van der Waals surface area contributed by atoms with Crippen LogP contribution in [0.25, 0.3) is 0 Å². The van der Waals surface area contributed by atoms with Gasteiger partial charge in [-0.3, -0.25) is 4.79 Å². The van der Waals surface area contributed by atoms with Gasteiger partial charge in [-0.1, -0.05) is 0 Å². The number of hydrogen-bond donors (Lipinski definition) is 0. The highest BCUT2D eigenvalue weighted by Gasteiger charge is 2.67. The van der Waals surface area contributed by atoms with E-state index in [4.69, 9.17) is 9.47 Å². The third-order valence-corrected chi connectivity index (χ3v) is 4.37. The molecule has 0 aromatic carbocycles. The number of rotatable bonds is 0. The Hall–Kier alpha value is -1.26. The standard InChI is InChI=1S/C13H19NO4/c1-12(2,3)18-11(16)14-5-8-4-9-10(15)17-7-13(8,9)6-14/h8-9H,4-7H2,1-3H3/t8-,9-,13-/m0/s1. The molecular weight excluding hydrogens is 234 g/mol. The van der Waals surface area contributed by atoms with Crippen molar-refractivity contribution in [2.75, 3.05) is 19.7 Å². The molecule has 5 heteroatoms. The number of hydrogen-bond acceptors (Lipinski definition) is 4. The van der Waals surface area contributed by atoms with E-state index >= 15 is 0 Å². The summed E-state index contributed by atoms with van der Waals surface area (Å²) in [5.74, 6) is 0.327. The van der Waals surface area contributed by atoms with Gasteiger partial charge < -0.3 is 14.4 Å². The molecule has 0 N–H and O–H groups in total. The van der Waals surface area contributed by atoms with E-state index in [-0.39, 0.29) is 23.4 Å². The lowest BCUT2D eigenvalue weighted by Crippen LogP contribution is -2.49. The van der Waals surface area contributed by atoms with Crippen molar-refractivity contribution >= 4 is 12.1 Å². The first-order valence-corrected chi connectivity index (χ1v) is 6.46. The third-order valence-electron chi connectivity index (χ3n) is 4.37. The summed E-state index contributed by atoms with van der Waals surface area (Å²) in [4.78, 5) is 25.3. The van der Waals surface area contributed by atoms with Crippen LogP contribution in [0.2, 0.25) is 0 Å². The zero-order chi connectivity index (χ0) is 13.1. The van der Waals surface area contributed by atoms with Crippen molar-refractivity contribution < 1.29 is 19.1 Å². The van der Waals surface area contributed by atoms with E-state index in [1.165, 1.54) is 0 Å². The highest BCUT2D eigenvalue weighted by atomic mass is 16.6. The van der Waals surface area contributed by atoms with Crippen LogP contribution in [0.4, 0.5) is 4.79 Å². The van der Waals surface area contributed by atoms with Crippen LogP contribution in [-0.2, 0) is 14.3 Å². The average Bonchev–Trinajstić information content (AvgIpc) is 2.62. The van der Waals surface area contributed by atoms with E-state index in [9.17, 15) is 9.59 Å². The van der Waals surface area contributed by atoms with E-state index in [0.29, 0.717) is 25.6 Å². The van der Waals surface area contributed by atoms with Gasteiger partial charge in [0.2, 0.25) is 0 Å². The number of carbonyl (C=O) groups excluding carboxylic acids is 2. The van der Waals surface area contributed by atoms with Gasteiger partial charge in [0.15, 0.2) is 0 Å². The summed E-state index contributed by atoms with van der Waals surface area (Å²) < 4.78 is 10.5. The molecule has 0 aromatic rings. The predicted octanol–water partition coefficient (Wildman–Crippen LogP) is 1.42. The van der Waals surface area contributed by atoms with Crippen molar-refractivity contribution in [2.24, 2.45) is 17.3 Å². The average molecular weight is 253 g/mol. The Kier molecular flexibility index (Phi) is 2.23. The number of amides is 1. The Morgan fingerprint density at radius 3 is 2.83 bits per heavy atom. The predicted molar refractivity (Wildman–Crippen MR) is 62.8 cm³/mol. The fourth-order valence-corrected chi connectivity index (χ4v) is 3.43. The summed E-state index contributed by atoms with van der Waals surface area (Å²) in [5.41, 5.74) is -0.578. The zero-order valence-electron chi connectivity index (χ0n) is 11.1. The molecule has 0 radical (unpaired) electrons. The summed E-state index contributed by atoms with van der Waals surface area (Å²) in [5, 5.41) is 0. The second kappa shape index (κ2) is 3.39. The van der Waals surface area contributed by atoms with Crippen molar-refractivity contribution in [2.45, 2.75) is 32.8 Å². The normalized spacial score (nSPS) is 37.7. The van der Waals surface area contributed by atoms with Crippen LogP contribution in [0.1, 0.15) is 27.2 Å². The monoisotopic (exact) mass is 253 g/mol. The molecule has 18 heavy (non-hydrogen) atoms. The number of nitrogens with zero attached hydrogens (tertiary/aromatic N) is 1. The molecule has 3 fully saturated rings. The van der Waals surface area contributed by atoms with E-state index in [2.05, 4.69) is 0 Å². The number of cyclic esters (lactones) is 1. The molecule has 3 aliphatic rings. The minimum atomic E-state index is -0.474. The van der Waals surface area contributed by atoms with Crippen LogP contribution in [0.15, 0.2) is 0 Å². The van der Waals surface area contributed by atoms with E-state index in [1.807, 2.05) is 20.8 Å². The molecule has 3 rings (SSSR count). The van der Waals surface area contributed by atoms with Crippen molar-refractivity contribution in [3.63, 3.8) is 0 Å². The fraction of sp³-hybridized carbons (Fsp3) is 0.846. The molecule has 2 saturated heterocycles. The molecule has 1 aliphatic carbocycles. The van der Waals surface area contributed by atoms with E-state index in [0.717, 1.165) is 6.42 Å². The Morgan fingerprint density at radius 1 is 1.50 bits per heavy atom. The molecule has 0 bridgehead atoms. The molecule has 2 heterocycles. The van der Waals surface area contributed by atoms with Crippen LogP contribution in [0.5, 0.6) is 0 Å². The Morgan fingerprint density at radius 2 is 2.22 bits per heavy atom. The summed E-state index contributed by atoms with van der Waals surface area (Å²) in [6.45, 7) is 7.35. The number of carbonyl (C=O) groups is 2. The summed E-state index contributed by atoms with van der Waals surface area (Å²) >= 11 is 0. The zero-order valence-corrected chi connectivity index (χ0v) is 11.1. The lowest BCUT2D eigenvalue weighted by molar-refractivity contribution is -0.143. The minimum absolute atomic E-state index is 0.00920. The van der Waals surface area contributed by atoms with Crippen LogP contribution < -0.4 is 0 Å². The fourth-order valence-electron chi connectivity index (χ4n) is 3.43. The van der Waals surface area contributed by atoms with Gasteiger partial charge in [-0.2, -0.15) is 0 Å². The van der Waals surface area contributed by atoms with E-state index in [1.54, 1.807) is 4.90 Å². The SMILES string of the molecule is CC(C)(C)OC(=O)N1C[C@@H]2C[C@H]3C(=O)OC[C@@]23C1. The van der Waals surface area contributed by atoms with Gasteiger partial charge in [0.05, 0.1) is 12.5 Å². The molecule has 2 aliphatic heterocycles. The summed E-state index contributed by atoms with van der Waals surface area (Å²) in [6.07, 6.45) is 0.586. The largest absolute Gasteiger partial charge is 0.465 e. The van der Waals surface area contributed by atoms with Crippen molar-refractivity contribution in [3.05, 3.63) is 0 Å². The Balaban J connectivity index is 1.69. The van der Waals surface area contributed by atoms with Crippen molar-refractivity contribution in [1.82, 2.24) is 4.90 Å². The highest BCUT2D eigenvalue weighted by molar-refractivity contribution is 5.78. The molecule has 0 unspecified atom stereocenters. The number of likely N-dealkylation sites (tertiary alicyclic amines) is 1. The van der Waals surface area contributed by atoms with Gasteiger partial charge in [-0.05, 0) is 33.1 Å². The second-order valence-corrected chi connectivity index (χ2v) is 6.69. The molecule has 1 saturated carbocycles. The van der Waals surface area contributed by atoms with Crippen LogP contribution >= 0.6 is 0 Å². The maximum absolute atomic E-state index is 12.0. The molecule has 3 atom stereocenters. The molecular formula is C13H19NO4. The van der Waals surface area contributed by atoms with E-state index < -0.39 is 5.60 Å². The topological polar surface area (TPSA) is 55.8 Å². The Labute approximate surface area is 106 Å². The lowest BCUT2D eigenvalue weighted by atomic mass is 9.56. The van der Waals surface area contributed by atoms with Gasteiger partial charge in [0.1, 0.15) is 5.60 Å². The van der Waals surface area contributed by atoms with Crippen LogP contribution in [-0.4, -0.2) is 42.3 Å². The molecule has 1 spiro atoms. The van der Waals surface area contributed by atoms with Crippen molar-refractivity contribution in [1.29, 1.82) is 0 Å². The first-order chi connectivity index (χ1) is 8.32. The smallest absolute Gasteiger partial charge is 0.410 e. The van der Waals surface area contributed by atoms with Gasteiger partial charge in [0.25, 0.3) is 0 Å². The second-order valence-electron chi connectivity index (χ2n) is 6.69. The maximum atomic E-state index is 12.0. The first-order valence-electron chi connectivity index (χ1n) is 6.46. The van der Waals surface area contributed by atoms with Crippen LogP contribution in [0.3, 0.4) is 0 Å². The van der Waals surface area contributed by atoms with Crippen molar-refractivity contribution in [3.8, 4) is 0 Å². The lowest BCUT2D eigenvalue weighted by Gasteiger charge is -2.42. The van der Waals surface area contributed by atoms with Gasteiger partial charge in [0, 0.05) is 18.5 Å². The number of ether oxygens (including phenoxy) is 2. The molecule has 5 nitrogen and oxygen atoms in total. The first kappa shape index (κ1) is 11.8. The minimum Gasteiger partial charge on any atom is -0.465 e. The number of esters is 1. The highest BCUT2D eigenvalue weighted by Crippen LogP contribution is 2.59. The Bertz CT molecular complexity index is 414. The quantitative estimate of drug-likeness (QED) is 0.613. The van der Waals surface area contributed by atoms with Crippen LogP contribution in [0, 0.1) is 17.3 Å². The summed E-state index contributed by atoms with van der Waals surface area (Å²) in [6, 6.07) is 0.